The molecule has 1 aliphatic rings. The molecule has 9 heteroatoms. The molecule has 34 heavy (non-hydrogen) atoms. The quantitative estimate of drug-likeness (QED) is 0.525. The number of rotatable bonds is 10. The molecule has 1 aliphatic heterocycles. The number of benzene rings is 2. The Morgan fingerprint density at radius 2 is 1.47 bits per heavy atom. The van der Waals surface area contributed by atoms with Crippen molar-refractivity contribution < 1.29 is 27.4 Å². The van der Waals surface area contributed by atoms with Crippen molar-refractivity contribution in [1.29, 1.82) is 0 Å². The number of hydrogen-bond acceptors (Lipinski definition) is 6. The second-order valence-corrected chi connectivity index (χ2v) is 10.1. The molecule has 0 radical (unpaired) electrons. The van der Waals surface area contributed by atoms with Crippen molar-refractivity contribution in [3.8, 4) is 17.2 Å². The van der Waals surface area contributed by atoms with Crippen molar-refractivity contribution in [1.82, 2.24) is 4.31 Å². The largest absolute Gasteiger partial charge is 0.490 e. The van der Waals surface area contributed by atoms with Crippen LogP contribution in [0.25, 0.3) is 0 Å². The average molecular weight is 491 g/mol. The van der Waals surface area contributed by atoms with Crippen LogP contribution in [0.2, 0.25) is 0 Å². The Morgan fingerprint density at radius 1 is 0.941 bits per heavy atom. The maximum atomic E-state index is 13.0. The van der Waals surface area contributed by atoms with Crippen LogP contribution in [-0.4, -0.2) is 51.5 Å². The molecule has 2 aromatic rings. The third-order valence-corrected chi connectivity index (χ3v) is 7.58. The zero-order valence-corrected chi connectivity index (χ0v) is 21.1. The molecule has 0 unspecified atom stereocenters. The van der Waals surface area contributed by atoms with Crippen molar-refractivity contribution >= 4 is 21.6 Å². The number of carbonyl (C=O) groups is 1. The number of nitrogens with one attached hydrogen (secondary N) is 1. The molecule has 1 N–H and O–H groups in total. The molecule has 0 spiro atoms. The summed E-state index contributed by atoms with van der Waals surface area (Å²) >= 11 is 0. The van der Waals surface area contributed by atoms with Crippen molar-refractivity contribution in [2.75, 3.05) is 38.2 Å². The van der Waals surface area contributed by atoms with Crippen molar-refractivity contribution in [2.24, 2.45) is 5.92 Å². The molecule has 0 atom stereocenters. The van der Waals surface area contributed by atoms with Gasteiger partial charge in [0.25, 0.3) is 5.91 Å². The summed E-state index contributed by atoms with van der Waals surface area (Å²) in [5.74, 6) is 1.49. The molecule has 0 bridgehead atoms. The number of anilines is 1. The molecule has 8 nitrogen and oxygen atoms in total. The number of amides is 1. The third-order valence-electron chi connectivity index (χ3n) is 5.66. The number of piperidine rings is 1. The van der Waals surface area contributed by atoms with E-state index in [2.05, 4.69) is 12.2 Å². The predicted molar refractivity (Wildman–Crippen MR) is 132 cm³/mol. The molecule has 0 saturated carbocycles. The molecule has 0 aromatic heterocycles. The van der Waals surface area contributed by atoms with Crippen molar-refractivity contribution in [2.45, 2.75) is 45.4 Å². The zero-order valence-electron chi connectivity index (χ0n) is 20.3. The molecule has 0 aliphatic carbocycles. The monoisotopic (exact) mass is 490 g/mol. The van der Waals surface area contributed by atoms with E-state index < -0.39 is 10.0 Å². The average Bonchev–Trinajstić information content (AvgIpc) is 2.82. The smallest absolute Gasteiger partial charge is 0.255 e. The molecule has 3 rings (SSSR count). The molecule has 1 amide bonds. The van der Waals surface area contributed by atoms with Gasteiger partial charge in [-0.2, -0.15) is 4.31 Å². The van der Waals surface area contributed by atoms with E-state index in [1.165, 1.54) is 16.4 Å². The first-order valence-electron chi connectivity index (χ1n) is 11.8. The van der Waals surface area contributed by atoms with Crippen LogP contribution in [0.15, 0.2) is 41.3 Å². The summed E-state index contributed by atoms with van der Waals surface area (Å²) in [5, 5.41) is 2.81. The number of ether oxygens (including phenoxy) is 3. The van der Waals surface area contributed by atoms with Gasteiger partial charge in [-0.1, -0.05) is 6.92 Å². The summed E-state index contributed by atoms with van der Waals surface area (Å²) < 4.78 is 44.4. The number of carbonyl (C=O) groups excluding carboxylic acids is 1. The highest BCUT2D eigenvalue weighted by atomic mass is 32.2. The van der Waals surface area contributed by atoms with Gasteiger partial charge in [0.2, 0.25) is 15.8 Å². The Bertz CT molecular complexity index is 1050. The van der Waals surface area contributed by atoms with Crippen LogP contribution in [0.1, 0.15) is 50.9 Å². The first-order valence-corrected chi connectivity index (χ1v) is 13.2. The number of sulfonamides is 1. The van der Waals surface area contributed by atoms with Crippen molar-refractivity contribution in [3.63, 3.8) is 0 Å². The lowest BCUT2D eigenvalue weighted by Crippen LogP contribution is -2.37. The van der Waals surface area contributed by atoms with Gasteiger partial charge in [-0.25, -0.2) is 8.42 Å². The number of hydrogen-bond donors (Lipinski definition) is 1. The Labute approximate surface area is 202 Å². The fourth-order valence-electron chi connectivity index (χ4n) is 3.81. The van der Waals surface area contributed by atoms with Crippen LogP contribution in [0.5, 0.6) is 17.2 Å². The Kier molecular flexibility index (Phi) is 8.79. The van der Waals surface area contributed by atoms with Gasteiger partial charge in [0.05, 0.1) is 24.7 Å². The fraction of sp³-hybridized carbons (Fsp3) is 0.480. The van der Waals surface area contributed by atoms with E-state index >= 15 is 0 Å². The third kappa shape index (κ3) is 6.01. The SMILES string of the molecule is CCOc1cc(C(=O)Nc2ccc(S(=O)(=O)N3CCC(C)CC3)cc2)cc(OCC)c1OCC. The molecule has 1 heterocycles. The van der Waals surface area contributed by atoms with Gasteiger partial charge in [0.15, 0.2) is 11.5 Å². The molecule has 1 saturated heterocycles. The highest BCUT2D eigenvalue weighted by Crippen LogP contribution is 2.39. The molecule has 2 aromatic carbocycles. The normalized spacial score (nSPS) is 15.1. The Hall–Kier alpha value is -2.78. The molecule has 1 fully saturated rings. The van der Waals surface area contributed by atoms with E-state index in [1.54, 1.807) is 24.3 Å². The summed E-state index contributed by atoms with van der Waals surface area (Å²) in [5.41, 5.74) is 0.829. The first-order chi connectivity index (χ1) is 16.3. The minimum absolute atomic E-state index is 0.221. The summed E-state index contributed by atoms with van der Waals surface area (Å²) in [6.07, 6.45) is 1.73. The predicted octanol–water partition coefficient (Wildman–Crippen LogP) is 4.56. The van der Waals surface area contributed by atoms with Crippen molar-refractivity contribution in [3.05, 3.63) is 42.0 Å². The van der Waals surface area contributed by atoms with Gasteiger partial charge >= 0.3 is 0 Å². The maximum absolute atomic E-state index is 13.0. The van der Waals surface area contributed by atoms with Gasteiger partial charge < -0.3 is 19.5 Å². The topological polar surface area (TPSA) is 94.2 Å². The molecular formula is C25H34N2O6S. The first kappa shape index (κ1) is 25.8. The maximum Gasteiger partial charge on any atom is 0.255 e. The van der Waals surface area contributed by atoms with Crippen LogP contribution in [-0.2, 0) is 10.0 Å². The van der Waals surface area contributed by atoms with Gasteiger partial charge in [-0.05, 0) is 75.9 Å². The van der Waals surface area contributed by atoms with Gasteiger partial charge in [0.1, 0.15) is 0 Å². The van der Waals surface area contributed by atoms with Crippen LogP contribution in [0.3, 0.4) is 0 Å². The lowest BCUT2D eigenvalue weighted by Gasteiger charge is -2.29. The Balaban J connectivity index is 1.79. The highest BCUT2D eigenvalue weighted by Gasteiger charge is 2.28. The zero-order chi connectivity index (χ0) is 24.7. The minimum atomic E-state index is -3.54. The van der Waals surface area contributed by atoms with Crippen LogP contribution in [0.4, 0.5) is 5.69 Å². The van der Waals surface area contributed by atoms with E-state index in [1.807, 2.05) is 20.8 Å². The van der Waals surface area contributed by atoms with Gasteiger partial charge in [0, 0.05) is 24.3 Å². The summed E-state index contributed by atoms with van der Waals surface area (Å²) in [6, 6.07) is 9.47. The van der Waals surface area contributed by atoms with E-state index in [4.69, 9.17) is 14.2 Å². The van der Waals surface area contributed by atoms with Gasteiger partial charge in [-0.3, -0.25) is 4.79 Å². The summed E-state index contributed by atoms with van der Waals surface area (Å²) in [6.45, 7) is 10.0. The fourth-order valence-corrected chi connectivity index (χ4v) is 5.28. The van der Waals surface area contributed by atoms with Gasteiger partial charge in [-0.15, -0.1) is 0 Å². The minimum Gasteiger partial charge on any atom is -0.490 e. The Morgan fingerprint density at radius 3 is 1.97 bits per heavy atom. The highest BCUT2D eigenvalue weighted by molar-refractivity contribution is 7.89. The van der Waals surface area contributed by atoms with E-state index in [-0.39, 0.29) is 10.8 Å². The second-order valence-electron chi connectivity index (χ2n) is 8.17. The second kappa shape index (κ2) is 11.6. The molecule has 186 valence electrons. The molecular weight excluding hydrogens is 456 g/mol. The summed E-state index contributed by atoms with van der Waals surface area (Å²) in [4.78, 5) is 13.2. The number of nitrogens with zero attached hydrogens (tertiary/aromatic N) is 1. The van der Waals surface area contributed by atoms with E-state index in [0.717, 1.165) is 12.8 Å². The standard InChI is InChI=1S/C25H34N2O6S/c1-5-31-22-16-19(17-23(32-6-2)24(22)33-7-3)25(28)26-20-8-10-21(11-9-20)34(29,30)27-14-12-18(4)13-15-27/h8-11,16-18H,5-7,12-15H2,1-4H3,(H,26,28). The lowest BCUT2D eigenvalue weighted by molar-refractivity contribution is 0.102. The van der Waals surface area contributed by atoms with Crippen LogP contribution >= 0.6 is 0 Å². The van der Waals surface area contributed by atoms with Crippen LogP contribution < -0.4 is 19.5 Å². The van der Waals surface area contributed by atoms with Crippen LogP contribution in [0, 0.1) is 5.92 Å². The van der Waals surface area contributed by atoms with E-state index in [0.29, 0.717) is 67.3 Å². The lowest BCUT2D eigenvalue weighted by atomic mass is 10.0. The summed E-state index contributed by atoms with van der Waals surface area (Å²) in [7, 11) is -3.54. The van der Waals surface area contributed by atoms with E-state index in [9.17, 15) is 13.2 Å².